The maximum absolute atomic E-state index is 15.5. The van der Waals surface area contributed by atoms with Crippen LogP contribution in [-0.2, 0) is 0 Å². The summed E-state index contributed by atoms with van der Waals surface area (Å²) in [6.07, 6.45) is 0. The monoisotopic (exact) mass is 447 g/mol. The van der Waals surface area contributed by atoms with Crippen molar-refractivity contribution in [2.75, 3.05) is 38.1 Å². The van der Waals surface area contributed by atoms with Gasteiger partial charge in [0.05, 0.1) is 16.6 Å². The summed E-state index contributed by atoms with van der Waals surface area (Å²) in [6, 6.07) is 3.96. The Morgan fingerprint density at radius 2 is 1.72 bits per heavy atom. The number of H-pyrrole nitrogens is 1. The van der Waals surface area contributed by atoms with E-state index in [0.29, 0.717) is 18.7 Å². The number of likely N-dealkylation sites (N-methyl/N-ethyl adjacent to an activating group) is 1. The molecule has 168 valence electrons. The number of halogens is 3. The quantitative estimate of drug-likeness (QED) is 0.534. The molecule has 0 atom stereocenters. The van der Waals surface area contributed by atoms with Crippen molar-refractivity contribution in [2.24, 2.45) is 0 Å². The number of nitrogens with one attached hydrogen (secondary N) is 1. The zero-order chi connectivity index (χ0) is 23.3. The highest BCUT2D eigenvalue weighted by Crippen LogP contribution is 2.35. The number of pyridine rings is 1. The molecule has 0 radical (unpaired) electrons. The summed E-state index contributed by atoms with van der Waals surface area (Å²) in [4.78, 5) is 30.7. The number of anilines is 1. The number of benzene rings is 2. The summed E-state index contributed by atoms with van der Waals surface area (Å²) in [5.74, 6) is -6.08. The molecule has 3 aromatic rings. The third-order valence-corrected chi connectivity index (χ3v) is 5.76. The Morgan fingerprint density at radius 1 is 1.06 bits per heavy atom. The van der Waals surface area contributed by atoms with Crippen LogP contribution in [0.15, 0.2) is 23.0 Å². The molecule has 1 aromatic heterocycles. The summed E-state index contributed by atoms with van der Waals surface area (Å²) in [6.45, 7) is 3.06. The van der Waals surface area contributed by atoms with E-state index in [1.807, 2.05) is 11.9 Å². The predicted molar refractivity (Wildman–Crippen MR) is 113 cm³/mol. The molecule has 0 amide bonds. The second kappa shape index (κ2) is 7.86. The molecule has 1 saturated heterocycles. The van der Waals surface area contributed by atoms with Crippen molar-refractivity contribution in [1.82, 2.24) is 9.88 Å². The van der Waals surface area contributed by atoms with Crippen molar-refractivity contribution in [2.45, 2.75) is 6.92 Å². The number of aromatic hydroxyl groups is 1. The number of aromatic carboxylic acids is 1. The van der Waals surface area contributed by atoms with Crippen LogP contribution < -0.4 is 10.3 Å². The second-order valence-electron chi connectivity index (χ2n) is 7.84. The van der Waals surface area contributed by atoms with Gasteiger partial charge in [-0.15, -0.1) is 0 Å². The van der Waals surface area contributed by atoms with Crippen molar-refractivity contribution in [3.05, 3.63) is 57.0 Å². The number of carboxylic acids is 1. The Kier molecular flexibility index (Phi) is 5.33. The van der Waals surface area contributed by atoms with Gasteiger partial charge in [-0.3, -0.25) is 4.79 Å². The highest BCUT2D eigenvalue weighted by Gasteiger charge is 2.31. The molecule has 10 heteroatoms. The zero-order valence-electron chi connectivity index (χ0n) is 17.3. The molecule has 3 N–H and O–H groups in total. The van der Waals surface area contributed by atoms with Crippen molar-refractivity contribution >= 4 is 22.6 Å². The molecule has 2 heterocycles. The van der Waals surface area contributed by atoms with E-state index < -0.39 is 51.0 Å². The van der Waals surface area contributed by atoms with Gasteiger partial charge in [-0.05, 0) is 37.7 Å². The number of hydrogen-bond donors (Lipinski definition) is 3. The summed E-state index contributed by atoms with van der Waals surface area (Å²) in [5, 5.41) is 18.3. The van der Waals surface area contributed by atoms with E-state index in [1.165, 1.54) is 23.1 Å². The Morgan fingerprint density at radius 3 is 2.31 bits per heavy atom. The van der Waals surface area contributed by atoms with Crippen molar-refractivity contribution in [3.63, 3.8) is 0 Å². The number of phenolic OH excluding ortho intramolecular Hbond substituents is 1. The molecule has 4 rings (SSSR count). The number of aryl methyl sites for hydroxylation is 1. The molecule has 0 aliphatic carbocycles. The van der Waals surface area contributed by atoms with E-state index in [1.54, 1.807) is 6.92 Å². The first-order chi connectivity index (χ1) is 15.1. The first-order valence-corrected chi connectivity index (χ1v) is 9.85. The Bertz CT molecular complexity index is 1310. The molecule has 7 nitrogen and oxygen atoms in total. The van der Waals surface area contributed by atoms with E-state index in [0.717, 1.165) is 0 Å². The van der Waals surface area contributed by atoms with Gasteiger partial charge in [0.2, 0.25) is 5.43 Å². The van der Waals surface area contributed by atoms with Crippen LogP contribution in [0, 0.1) is 24.4 Å². The van der Waals surface area contributed by atoms with Gasteiger partial charge in [0, 0.05) is 31.7 Å². The largest absolute Gasteiger partial charge is 0.508 e. The Hall–Kier alpha value is -3.53. The van der Waals surface area contributed by atoms with Crippen molar-refractivity contribution in [3.8, 4) is 17.0 Å². The number of carbonyl (C=O) groups is 1. The van der Waals surface area contributed by atoms with Crippen LogP contribution in [-0.4, -0.2) is 59.3 Å². The minimum atomic E-state index is -1.68. The van der Waals surface area contributed by atoms with Gasteiger partial charge in [0.25, 0.3) is 0 Å². The second-order valence-corrected chi connectivity index (χ2v) is 7.84. The lowest BCUT2D eigenvalue weighted by Crippen LogP contribution is -2.45. The van der Waals surface area contributed by atoms with Gasteiger partial charge in [0.15, 0.2) is 17.5 Å². The third-order valence-electron chi connectivity index (χ3n) is 5.76. The number of nitrogens with zero attached hydrogens (tertiary/aromatic N) is 2. The first kappa shape index (κ1) is 21.7. The molecule has 0 unspecified atom stereocenters. The average Bonchev–Trinajstić information content (AvgIpc) is 2.72. The van der Waals surface area contributed by atoms with E-state index in [9.17, 15) is 24.2 Å². The maximum atomic E-state index is 15.5. The van der Waals surface area contributed by atoms with Crippen molar-refractivity contribution in [1.29, 1.82) is 0 Å². The van der Waals surface area contributed by atoms with Crippen LogP contribution in [0.5, 0.6) is 5.75 Å². The molecule has 1 aliphatic heterocycles. The molecule has 1 aliphatic rings. The van der Waals surface area contributed by atoms with Gasteiger partial charge in [-0.1, -0.05) is 0 Å². The summed E-state index contributed by atoms with van der Waals surface area (Å²) in [5.41, 5.74) is -3.08. The predicted octanol–water partition coefficient (Wildman–Crippen LogP) is 3.08. The van der Waals surface area contributed by atoms with Crippen molar-refractivity contribution < 1.29 is 28.2 Å². The van der Waals surface area contributed by atoms with Gasteiger partial charge < -0.3 is 25.0 Å². The maximum Gasteiger partial charge on any atom is 0.341 e. The van der Waals surface area contributed by atoms with E-state index in [-0.39, 0.29) is 30.1 Å². The van der Waals surface area contributed by atoms with E-state index in [2.05, 4.69) is 4.98 Å². The fraction of sp³-hybridized carbons (Fsp3) is 0.273. The number of fused-ring (bicyclic) bond motifs is 1. The lowest BCUT2D eigenvalue weighted by Gasteiger charge is -2.34. The van der Waals surface area contributed by atoms with Gasteiger partial charge in [0.1, 0.15) is 17.0 Å². The third kappa shape index (κ3) is 3.36. The SMILES string of the molecule is Cc1cc(O)ccc1-c1[nH]c2c(F)c(N3CCN(C)CC3)c(F)c(F)c2c(=O)c1C(=O)O. The number of aromatic amines is 1. The van der Waals surface area contributed by atoms with Crippen LogP contribution in [0.1, 0.15) is 15.9 Å². The molecule has 2 aromatic carbocycles. The standard InChI is InChI=1S/C22H20F3N3O4/c1-10-9-11(29)3-4-12(10)18-14(22(31)32)21(30)13-15(23)16(24)20(17(25)19(13)26-18)28-7-5-27(2)6-8-28/h3-4,9,29H,5-8H2,1-2H3,(H,26,30)(H,31,32). The lowest BCUT2D eigenvalue weighted by atomic mass is 9.98. The number of carboxylic acid groups (broad SMARTS) is 1. The van der Waals surface area contributed by atoms with Gasteiger partial charge in [-0.2, -0.15) is 0 Å². The molecular formula is C22H20F3N3O4. The van der Waals surface area contributed by atoms with Crippen LogP contribution in [0.25, 0.3) is 22.2 Å². The van der Waals surface area contributed by atoms with Crippen LogP contribution in [0.4, 0.5) is 18.9 Å². The van der Waals surface area contributed by atoms with Crippen LogP contribution in [0.2, 0.25) is 0 Å². The molecule has 1 fully saturated rings. The normalized spacial score (nSPS) is 14.8. The highest BCUT2D eigenvalue weighted by molar-refractivity contribution is 6.00. The summed E-state index contributed by atoms with van der Waals surface area (Å²) < 4.78 is 45.5. The number of phenols is 1. The molecule has 0 bridgehead atoms. The lowest BCUT2D eigenvalue weighted by molar-refractivity contribution is 0.0696. The number of aromatic nitrogens is 1. The Labute approximate surface area is 180 Å². The number of hydrogen-bond acceptors (Lipinski definition) is 5. The topological polar surface area (TPSA) is 96.9 Å². The smallest absolute Gasteiger partial charge is 0.341 e. The van der Waals surface area contributed by atoms with Gasteiger partial charge >= 0.3 is 5.97 Å². The minimum Gasteiger partial charge on any atom is -0.508 e. The summed E-state index contributed by atoms with van der Waals surface area (Å²) in [7, 11) is 1.85. The highest BCUT2D eigenvalue weighted by atomic mass is 19.2. The van der Waals surface area contributed by atoms with E-state index >= 15 is 8.78 Å². The minimum absolute atomic E-state index is 0.0945. The number of piperazine rings is 1. The van der Waals surface area contributed by atoms with Crippen LogP contribution in [0.3, 0.4) is 0 Å². The van der Waals surface area contributed by atoms with Crippen LogP contribution >= 0.6 is 0 Å². The molecule has 0 spiro atoms. The molecular weight excluding hydrogens is 427 g/mol. The average molecular weight is 447 g/mol. The fourth-order valence-electron chi connectivity index (χ4n) is 4.05. The Balaban J connectivity index is 2.07. The molecule has 0 saturated carbocycles. The summed E-state index contributed by atoms with van der Waals surface area (Å²) >= 11 is 0. The first-order valence-electron chi connectivity index (χ1n) is 9.85. The van der Waals surface area contributed by atoms with Gasteiger partial charge in [-0.25, -0.2) is 18.0 Å². The van der Waals surface area contributed by atoms with E-state index in [4.69, 9.17) is 0 Å². The zero-order valence-corrected chi connectivity index (χ0v) is 17.3. The number of rotatable bonds is 3. The molecule has 32 heavy (non-hydrogen) atoms. The fourth-order valence-corrected chi connectivity index (χ4v) is 4.05.